The fourth-order valence-corrected chi connectivity index (χ4v) is 5.51. The van der Waals surface area contributed by atoms with Crippen LogP contribution in [-0.4, -0.2) is 6.16 Å². The minimum Gasteiger partial charge on any atom is -0.455 e. The Bertz CT molecular complexity index is 983. The van der Waals surface area contributed by atoms with Gasteiger partial charge in [0.1, 0.15) is 5.75 Å². The molecule has 0 spiro atoms. The molecule has 0 aromatic heterocycles. The molecule has 3 heteroatoms. The maximum atomic E-state index is 6.34. The summed E-state index contributed by atoms with van der Waals surface area (Å²) >= 11 is 0. The molecule has 2 N–H and O–H groups in total. The van der Waals surface area contributed by atoms with E-state index >= 15 is 0 Å². The van der Waals surface area contributed by atoms with Crippen LogP contribution in [0.3, 0.4) is 0 Å². The monoisotopic (exact) mass is 401 g/mol. The molecule has 2 nitrogen and oxygen atoms in total. The van der Waals surface area contributed by atoms with Crippen LogP contribution in [0.25, 0.3) is 6.08 Å². The molecule has 0 radical (unpaired) electrons. The highest BCUT2D eigenvalue weighted by molar-refractivity contribution is 7.37. The highest BCUT2D eigenvalue weighted by Crippen LogP contribution is 2.41. The number of nitrogens with two attached hydrogens (primary N) is 1. The van der Waals surface area contributed by atoms with Gasteiger partial charge in [-0.1, -0.05) is 55.1 Å². The standard InChI is InChI=1S/C26H28NOP/c1-2-19-10-6-13-23(14-19)28-26-16-24-21(15-25(26)27)11-7-12-22(24)18-29-17-20-8-4-3-5-9-20/h2-6,8-10,13-16,22,29H,1,7,11-12,17-18,27H2. The first-order chi connectivity index (χ1) is 14.2. The van der Waals surface area contributed by atoms with Crippen LogP contribution in [0.4, 0.5) is 5.69 Å². The van der Waals surface area contributed by atoms with Gasteiger partial charge in [0, 0.05) is 0 Å². The van der Waals surface area contributed by atoms with Crippen molar-refractivity contribution in [2.24, 2.45) is 0 Å². The van der Waals surface area contributed by atoms with Gasteiger partial charge in [-0.25, -0.2) is 0 Å². The van der Waals surface area contributed by atoms with E-state index in [1.54, 1.807) is 0 Å². The molecule has 0 saturated carbocycles. The first-order valence-electron chi connectivity index (χ1n) is 10.3. The maximum Gasteiger partial charge on any atom is 0.150 e. The van der Waals surface area contributed by atoms with Crippen LogP contribution in [0.5, 0.6) is 11.5 Å². The lowest BCUT2D eigenvalue weighted by atomic mass is 9.83. The molecule has 3 aromatic rings. The van der Waals surface area contributed by atoms with E-state index in [0.717, 1.165) is 37.8 Å². The van der Waals surface area contributed by atoms with Crippen molar-refractivity contribution in [1.29, 1.82) is 0 Å². The van der Waals surface area contributed by atoms with Crippen molar-refractivity contribution in [2.75, 3.05) is 11.9 Å². The van der Waals surface area contributed by atoms with Crippen molar-refractivity contribution >= 4 is 20.3 Å². The first-order valence-corrected chi connectivity index (χ1v) is 11.7. The summed E-state index contributed by atoms with van der Waals surface area (Å²) in [7, 11) is 0.935. The van der Waals surface area contributed by atoms with Gasteiger partial charge in [0.2, 0.25) is 0 Å². The van der Waals surface area contributed by atoms with Crippen molar-refractivity contribution in [3.63, 3.8) is 0 Å². The fraction of sp³-hybridized carbons (Fsp3) is 0.231. The molecule has 2 atom stereocenters. The van der Waals surface area contributed by atoms with Gasteiger partial charge in [0.25, 0.3) is 0 Å². The van der Waals surface area contributed by atoms with E-state index in [1.165, 1.54) is 41.9 Å². The minimum atomic E-state index is 0.600. The molecule has 0 saturated heterocycles. The molecule has 0 amide bonds. The molecule has 2 unspecified atom stereocenters. The number of aryl methyl sites for hydroxylation is 1. The van der Waals surface area contributed by atoms with Crippen LogP contribution >= 0.6 is 8.58 Å². The van der Waals surface area contributed by atoms with Crippen LogP contribution in [0.15, 0.2) is 73.3 Å². The van der Waals surface area contributed by atoms with Crippen LogP contribution in [-0.2, 0) is 12.6 Å². The second-order valence-corrected chi connectivity index (χ2v) is 8.93. The summed E-state index contributed by atoms with van der Waals surface area (Å²) in [6.07, 6.45) is 7.84. The van der Waals surface area contributed by atoms with Crippen LogP contribution in [0.2, 0.25) is 0 Å². The van der Waals surface area contributed by atoms with Crippen molar-refractivity contribution < 1.29 is 4.74 Å². The number of hydrogen-bond acceptors (Lipinski definition) is 2. The Labute approximate surface area is 175 Å². The van der Waals surface area contributed by atoms with Crippen molar-refractivity contribution in [2.45, 2.75) is 31.3 Å². The van der Waals surface area contributed by atoms with E-state index in [9.17, 15) is 0 Å². The summed E-state index contributed by atoms with van der Waals surface area (Å²) in [6, 6.07) is 23.1. The van der Waals surface area contributed by atoms with E-state index in [-0.39, 0.29) is 0 Å². The van der Waals surface area contributed by atoms with Gasteiger partial charge in [0.05, 0.1) is 5.69 Å². The smallest absolute Gasteiger partial charge is 0.150 e. The lowest BCUT2D eigenvalue weighted by Gasteiger charge is -2.27. The predicted octanol–water partition coefficient (Wildman–Crippen LogP) is 7.00. The Balaban J connectivity index is 1.51. The van der Waals surface area contributed by atoms with Gasteiger partial charge in [-0.05, 0) is 84.0 Å². The minimum absolute atomic E-state index is 0.600. The second-order valence-electron chi connectivity index (χ2n) is 7.67. The van der Waals surface area contributed by atoms with E-state index in [1.807, 2.05) is 30.3 Å². The summed E-state index contributed by atoms with van der Waals surface area (Å²) in [6.45, 7) is 3.84. The van der Waals surface area contributed by atoms with Gasteiger partial charge < -0.3 is 10.5 Å². The van der Waals surface area contributed by atoms with E-state index < -0.39 is 0 Å². The maximum absolute atomic E-state index is 6.34. The SMILES string of the molecule is C=Cc1cccc(Oc2cc3c(cc2N)CCCC3CPCc2ccccc2)c1. The number of hydrogen-bond donors (Lipinski definition) is 1. The quantitative estimate of drug-likeness (QED) is 0.342. The molecule has 0 heterocycles. The lowest BCUT2D eigenvalue weighted by molar-refractivity contribution is 0.481. The molecule has 4 rings (SSSR count). The van der Waals surface area contributed by atoms with Gasteiger partial charge in [-0.3, -0.25) is 0 Å². The zero-order valence-electron chi connectivity index (χ0n) is 16.7. The summed E-state index contributed by atoms with van der Waals surface area (Å²) in [5.41, 5.74) is 12.4. The zero-order chi connectivity index (χ0) is 20.1. The Kier molecular flexibility index (Phi) is 6.32. The molecule has 1 aliphatic rings. The molecule has 0 fully saturated rings. The zero-order valence-corrected chi connectivity index (χ0v) is 17.7. The highest BCUT2D eigenvalue weighted by atomic mass is 31.1. The fourth-order valence-electron chi connectivity index (χ4n) is 4.07. The van der Waals surface area contributed by atoms with E-state index in [0.29, 0.717) is 5.92 Å². The normalized spacial score (nSPS) is 15.9. The third kappa shape index (κ3) is 4.89. The number of rotatable bonds is 7. The molecular formula is C26H28NOP. The molecule has 1 aliphatic carbocycles. The van der Waals surface area contributed by atoms with E-state index in [2.05, 4.69) is 49.0 Å². The average molecular weight is 401 g/mol. The Morgan fingerprint density at radius 3 is 2.76 bits per heavy atom. The molecule has 29 heavy (non-hydrogen) atoms. The average Bonchev–Trinajstić information content (AvgIpc) is 2.75. The van der Waals surface area contributed by atoms with Crippen LogP contribution in [0, 0.1) is 0 Å². The summed E-state index contributed by atoms with van der Waals surface area (Å²) < 4.78 is 6.17. The molecule has 0 aliphatic heterocycles. The third-order valence-electron chi connectivity index (χ3n) is 5.59. The molecular weight excluding hydrogens is 373 g/mol. The Morgan fingerprint density at radius 2 is 1.93 bits per heavy atom. The highest BCUT2D eigenvalue weighted by Gasteiger charge is 2.22. The van der Waals surface area contributed by atoms with Crippen molar-refractivity contribution in [1.82, 2.24) is 0 Å². The molecule has 3 aromatic carbocycles. The van der Waals surface area contributed by atoms with E-state index in [4.69, 9.17) is 10.5 Å². The first kappa shape index (κ1) is 19.7. The second kappa shape index (κ2) is 9.29. The van der Waals surface area contributed by atoms with Crippen molar-refractivity contribution in [3.8, 4) is 11.5 Å². The van der Waals surface area contributed by atoms with Crippen molar-refractivity contribution in [3.05, 3.63) is 95.6 Å². The third-order valence-corrected chi connectivity index (χ3v) is 7.03. The number of benzene rings is 3. The van der Waals surface area contributed by atoms with Gasteiger partial charge in [0.15, 0.2) is 5.75 Å². The summed E-state index contributed by atoms with van der Waals surface area (Å²) in [4.78, 5) is 0. The Morgan fingerprint density at radius 1 is 1.07 bits per heavy atom. The van der Waals surface area contributed by atoms with Gasteiger partial charge in [-0.2, -0.15) is 0 Å². The van der Waals surface area contributed by atoms with Gasteiger partial charge >= 0.3 is 0 Å². The molecule has 0 bridgehead atoms. The summed E-state index contributed by atoms with van der Waals surface area (Å²) in [5.74, 6) is 2.17. The predicted molar refractivity (Wildman–Crippen MR) is 126 cm³/mol. The molecule has 148 valence electrons. The topological polar surface area (TPSA) is 35.2 Å². The Hall–Kier alpha value is -2.57. The largest absolute Gasteiger partial charge is 0.455 e. The van der Waals surface area contributed by atoms with Crippen LogP contribution < -0.4 is 10.5 Å². The number of fused-ring (bicyclic) bond motifs is 1. The summed E-state index contributed by atoms with van der Waals surface area (Å²) in [5, 5.41) is 0. The number of nitrogen functional groups attached to an aromatic ring is 1. The lowest BCUT2D eigenvalue weighted by Crippen LogP contribution is -2.12. The number of ether oxygens (including phenoxy) is 1. The van der Waals surface area contributed by atoms with Gasteiger partial charge in [-0.15, -0.1) is 8.58 Å². The van der Waals surface area contributed by atoms with Crippen LogP contribution in [0.1, 0.15) is 41.0 Å². The number of anilines is 1.